The van der Waals surface area contributed by atoms with E-state index in [4.69, 9.17) is 9.68 Å². The first-order valence-electron chi connectivity index (χ1n) is 11.9. The number of allylic oxidation sites excluding steroid dienone is 1. The second kappa shape index (κ2) is 8.00. The number of aliphatic hydroxyl groups excluding tert-OH is 1. The zero-order chi connectivity index (χ0) is 21.6. The van der Waals surface area contributed by atoms with E-state index in [1.54, 1.807) is 7.11 Å². The highest BCUT2D eigenvalue weighted by Gasteiger charge is 2.61. The highest BCUT2D eigenvalue weighted by molar-refractivity contribution is 6.10. The summed E-state index contributed by atoms with van der Waals surface area (Å²) in [6.07, 6.45) is 9.22. The lowest BCUT2D eigenvalue weighted by Crippen LogP contribution is -2.55. The summed E-state index contributed by atoms with van der Waals surface area (Å²) in [6.45, 7) is 4.09. The highest BCUT2D eigenvalue weighted by atomic mass is 16.6. The number of oxime groups is 2. The van der Waals surface area contributed by atoms with E-state index >= 15 is 0 Å². The molecule has 7 nitrogen and oxygen atoms in total. The normalized spacial score (nSPS) is 44.6. The van der Waals surface area contributed by atoms with Crippen molar-refractivity contribution in [1.29, 1.82) is 0 Å². The van der Waals surface area contributed by atoms with Crippen molar-refractivity contribution in [3.63, 3.8) is 0 Å². The number of aliphatic hydroxyl groups is 1. The first kappa shape index (κ1) is 21.1. The van der Waals surface area contributed by atoms with E-state index in [1.165, 1.54) is 0 Å². The summed E-state index contributed by atoms with van der Waals surface area (Å²) in [6, 6.07) is 0. The van der Waals surface area contributed by atoms with Gasteiger partial charge in [0.2, 0.25) is 0 Å². The summed E-state index contributed by atoms with van der Waals surface area (Å²) in [5, 5.41) is 23.0. The average molecular weight is 430 g/mol. The van der Waals surface area contributed by atoms with Gasteiger partial charge in [-0.2, -0.15) is 0 Å². The first-order chi connectivity index (χ1) is 15.0. The minimum absolute atomic E-state index is 0.0980. The molecule has 4 aliphatic carbocycles. The molecule has 1 aliphatic heterocycles. The fourth-order valence-electron chi connectivity index (χ4n) is 7.40. The number of carbonyl (C=O) groups is 1. The standard InChI is InChI=1S/C24H35N3O4/c1-23-8-6-19-17(18(23)3-4-22(23)29)12-21(27-30-2)20-11-15(5-9-24(19,20)14-28)26-31-16-7-10-25-13-16/h11,16-19,25,28H,3-10,12-14H2,1-2H3/t16?,17?,18?,19?,23-,24-/m0/s1. The fraction of sp³-hybridized carbons (Fsp3) is 0.792. The van der Waals surface area contributed by atoms with Gasteiger partial charge in [-0.1, -0.05) is 17.2 Å². The van der Waals surface area contributed by atoms with Crippen molar-refractivity contribution in [2.45, 2.75) is 64.4 Å². The Kier molecular flexibility index (Phi) is 5.45. The first-order valence-corrected chi connectivity index (χ1v) is 11.9. The molecule has 1 saturated heterocycles. The number of carbonyl (C=O) groups excluding carboxylic acids is 1. The van der Waals surface area contributed by atoms with Crippen LogP contribution in [0.4, 0.5) is 0 Å². The van der Waals surface area contributed by atoms with Crippen LogP contribution in [0.3, 0.4) is 0 Å². The lowest BCUT2D eigenvalue weighted by Gasteiger charge is -2.57. The average Bonchev–Trinajstić information content (AvgIpc) is 3.40. The molecule has 5 rings (SSSR count). The van der Waals surface area contributed by atoms with Gasteiger partial charge in [-0.25, -0.2) is 0 Å². The molecule has 0 aromatic carbocycles. The van der Waals surface area contributed by atoms with Crippen LogP contribution < -0.4 is 5.32 Å². The molecule has 4 fully saturated rings. The fourth-order valence-corrected chi connectivity index (χ4v) is 7.40. The third-order valence-electron chi connectivity index (χ3n) is 9.09. The van der Waals surface area contributed by atoms with Crippen molar-refractivity contribution in [2.75, 3.05) is 26.8 Å². The molecule has 5 aliphatic rings. The maximum absolute atomic E-state index is 12.7. The van der Waals surface area contributed by atoms with Gasteiger partial charge in [-0.3, -0.25) is 4.79 Å². The summed E-state index contributed by atoms with van der Waals surface area (Å²) in [5.41, 5.74) is 2.37. The number of fused-ring (bicyclic) bond motifs is 5. The maximum Gasteiger partial charge on any atom is 0.141 e. The summed E-state index contributed by atoms with van der Waals surface area (Å²) in [5.74, 6) is 1.53. The number of nitrogens with zero attached hydrogens (tertiary/aromatic N) is 2. The van der Waals surface area contributed by atoms with Gasteiger partial charge < -0.3 is 20.1 Å². The molecule has 3 saturated carbocycles. The van der Waals surface area contributed by atoms with Gasteiger partial charge in [0.05, 0.1) is 18.0 Å². The summed E-state index contributed by atoms with van der Waals surface area (Å²) in [4.78, 5) is 23.8. The summed E-state index contributed by atoms with van der Waals surface area (Å²) < 4.78 is 0. The van der Waals surface area contributed by atoms with Crippen molar-refractivity contribution >= 4 is 17.2 Å². The molecule has 0 aromatic rings. The Hall–Kier alpha value is -1.73. The zero-order valence-electron chi connectivity index (χ0n) is 18.7. The van der Waals surface area contributed by atoms with Crippen molar-refractivity contribution in [3.8, 4) is 0 Å². The van der Waals surface area contributed by atoms with Crippen molar-refractivity contribution < 1.29 is 19.6 Å². The Morgan fingerprint density at radius 1 is 1.19 bits per heavy atom. The Morgan fingerprint density at radius 3 is 2.81 bits per heavy atom. The summed E-state index contributed by atoms with van der Waals surface area (Å²) >= 11 is 0. The monoisotopic (exact) mass is 429 g/mol. The molecular formula is C24H35N3O4. The Labute approximate surface area is 184 Å². The molecule has 2 N–H and O–H groups in total. The molecule has 0 bridgehead atoms. The number of ketones is 1. The minimum atomic E-state index is -0.332. The topological polar surface area (TPSA) is 92.5 Å². The van der Waals surface area contributed by atoms with Gasteiger partial charge in [0.1, 0.15) is 19.0 Å². The van der Waals surface area contributed by atoms with Crippen molar-refractivity contribution in [2.24, 2.45) is 38.9 Å². The molecule has 4 unspecified atom stereocenters. The van der Waals surface area contributed by atoms with E-state index in [2.05, 4.69) is 28.6 Å². The third kappa shape index (κ3) is 3.27. The van der Waals surface area contributed by atoms with Crippen LogP contribution in [-0.4, -0.2) is 55.2 Å². The molecule has 7 heteroatoms. The molecule has 0 spiro atoms. The molecule has 0 radical (unpaired) electrons. The predicted octanol–water partition coefficient (Wildman–Crippen LogP) is 2.84. The predicted molar refractivity (Wildman–Crippen MR) is 118 cm³/mol. The number of hydrogen-bond donors (Lipinski definition) is 2. The molecule has 0 amide bonds. The van der Waals surface area contributed by atoms with E-state index in [9.17, 15) is 9.90 Å². The van der Waals surface area contributed by atoms with E-state index < -0.39 is 0 Å². The van der Waals surface area contributed by atoms with Gasteiger partial charge >= 0.3 is 0 Å². The number of rotatable bonds is 4. The number of Topliss-reactive ketones (excluding diaryl/α,β-unsaturated/α-hetero) is 1. The lowest BCUT2D eigenvalue weighted by atomic mass is 9.46. The third-order valence-corrected chi connectivity index (χ3v) is 9.09. The van der Waals surface area contributed by atoms with Crippen LogP contribution in [0.15, 0.2) is 22.0 Å². The molecule has 170 valence electrons. The van der Waals surface area contributed by atoms with Crippen molar-refractivity contribution in [3.05, 3.63) is 11.6 Å². The minimum Gasteiger partial charge on any atom is -0.399 e. The smallest absolute Gasteiger partial charge is 0.141 e. The van der Waals surface area contributed by atoms with Gasteiger partial charge in [-0.05, 0) is 74.5 Å². The largest absolute Gasteiger partial charge is 0.399 e. The Morgan fingerprint density at radius 2 is 2.06 bits per heavy atom. The van der Waals surface area contributed by atoms with Crippen molar-refractivity contribution in [1.82, 2.24) is 5.32 Å². The second-order valence-corrected chi connectivity index (χ2v) is 10.4. The van der Waals surface area contributed by atoms with Crippen LogP contribution in [0.5, 0.6) is 0 Å². The van der Waals surface area contributed by atoms with Gasteiger partial charge in [0, 0.05) is 30.2 Å². The van der Waals surface area contributed by atoms with E-state index in [0.29, 0.717) is 30.0 Å². The van der Waals surface area contributed by atoms with Gasteiger partial charge in [0.25, 0.3) is 0 Å². The number of nitrogens with one attached hydrogen (secondary N) is 1. The van der Waals surface area contributed by atoms with E-state index in [1.807, 2.05) is 0 Å². The Bertz CT molecular complexity index is 831. The Balaban J connectivity index is 1.49. The highest BCUT2D eigenvalue weighted by Crippen LogP contribution is 2.63. The second-order valence-electron chi connectivity index (χ2n) is 10.4. The van der Waals surface area contributed by atoms with E-state index in [-0.39, 0.29) is 23.5 Å². The maximum atomic E-state index is 12.7. The SMILES string of the molecule is CON=C1CC2C(CC[C@]3(C)C(=O)CCC23)[C@@]2(CO)CCC(=NOC3CCNC3)C=C12. The quantitative estimate of drug-likeness (QED) is 0.671. The molecular weight excluding hydrogens is 394 g/mol. The zero-order valence-corrected chi connectivity index (χ0v) is 18.7. The van der Waals surface area contributed by atoms with Crippen LogP contribution in [0.2, 0.25) is 0 Å². The van der Waals surface area contributed by atoms with Gasteiger partial charge in [0.15, 0.2) is 0 Å². The van der Waals surface area contributed by atoms with Crippen LogP contribution in [0.25, 0.3) is 0 Å². The van der Waals surface area contributed by atoms with Crippen LogP contribution in [0.1, 0.15) is 58.3 Å². The molecule has 6 atom stereocenters. The molecule has 1 heterocycles. The van der Waals surface area contributed by atoms with Crippen LogP contribution in [0, 0.1) is 28.6 Å². The van der Waals surface area contributed by atoms with Gasteiger partial charge in [-0.15, -0.1) is 0 Å². The van der Waals surface area contributed by atoms with E-state index in [0.717, 1.165) is 75.0 Å². The summed E-state index contributed by atoms with van der Waals surface area (Å²) in [7, 11) is 1.58. The van der Waals surface area contributed by atoms with Crippen LogP contribution in [-0.2, 0) is 14.5 Å². The number of hydrogen-bond acceptors (Lipinski definition) is 7. The lowest BCUT2D eigenvalue weighted by molar-refractivity contribution is -0.132. The van der Waals surface area contributed by atoms with Crippen LogP contribution >= 0.6 is 0 Å². The molecule has 31 heavy (non-hydrogen) atoms. The molecule has 0 aromatic heterocycles.